The summed E-state index contributed by atoms with van der Waals surface area (Å²) < 4.78 is 13.3. The van der Waals surface area contributed by atoms with Gasteiger partial charge < -0.3 is 0 Å². The molecule has 2 N–H and O–H groups in total. The van der Waals surface area contributed by atoms with Gasteiger partial charge in [0.1, 0.15) is 0 Å². The smallest absolute Gasteiger partial charge is 0.152 e. The van der Waals surface area contributed by atoms with E-state index in [-0.39, 0.29) is 0 Å². The molecule has 0 radical (unpaired) electrons. The standard InChI is InChI=1S/CH4NO3P/c1-2-5-6(3)4/h2H,1H3/p+1. The molecule has 0 fully saturated rings. The van der Waals surface area contributed by atoms with E-state index < -0.39 is 8.25 Å². The van der Waals surface area contributed by atoms with Crippen molar-refractivity contribution in [2.24, 2.45) is 0 Å². The van der Waals surface area contributed by atoms with Gasteiger partial charge in [-0.15, -0.1) is 4.89 Å². The minimum Gasteiger partial charge on any atom is -0.152 e. The second-order valence-corrected chi connectivity index (χ2v) is 1.19. The zero-order chi connectivity index (χ0) is 4.99. The topological polar surface area (TPSA) is 58.6 Å². The molecule has 0 heterocycles. The molecule has 4 nitrogen and oxygen atoms in total. The monoisotopic (exact) mass is 110 g/mol. The van der Waals surface area contributed by atoms with Crippen molar-refractivity contribution >= 4 is 8.25 Å². The van der Waals surface area contributed by atoms with Gasteiger partial charge in [-0.3, -0.25) is 0 Å². The summed E-state index contributed by atoms with van der Waals surface area (Å²) in [7, 11) is -1.06. The van der Waals surface area contributed by atoms with Crippen LogP contribution >= 0.6 is 8.25 Å². The highest BCUT2D eigenvalue weighted by molar-refractivity contribution is 7.32. The molecule has 0 aliphatic carbocycles. The van der Waals surface area contributed by atoms with Crippen molar-refractivity contribution in [3.05, 3.63) is 0 Å². The van der Waals surface area contributed by atoms with Crippen LogP contribution in [0.1, 0.15) is 0 Å². The Morgan fingerprint density at radius 1 is 2.00 bits per heavy atom. The van der Waals surface area contributed by atoms with Crippen molar-refractivity contribution in [3.63, 3.8) is 0 Å². The third kappa shape index (κ3) is 3.98. The van der Waals surface area contributed by atoms with Crippen LogP contribution < -0.4 is 5.48 Å². The lowest BCUT2D eigenvalue weighted by atomic mass is 11.6. The first-order valence-corrected chi connectivity index (χ1v) is 2.40. The fraction of sp³-hybridized carbons (Fsp3) is 1.00. The molecule has 0 amide bonds. The third-order valence-electron chi connectivity index (χ3n) is 0.169. The Labute approximate surface area is 36.0 Å². The van der Waals surface area contributed by atoms with Gasteiger partial charge in [-0.25, -0.2) is 0 Å². The van der Waals surface area contributed by atoms with E-state index in [0.29, 0.717) is 0 Å². The van der Waals surface area contributed by atoms with Gasteiger partial charge in [-0.2, -0.15) is 5.48 Å². The Balaban J connectivity index is 2.83. The lowest BCUT2D eigenvalue weighted by Crippen LogP contribution is -1.98. The highest BCUT2D eigenvalue weighted by atomic mass is 31.1. The van der Waals surface area contributed by atoms with Crippen LogP contribution in [0.2, 0.25) is 0 Å². The molecule has 0 saturated carbocycles. The second kappa shape index (κ2) is 3.18. The first-order chi connectivity index (χ1) is 2.77. The number of hydrogen-bond donors (Lipinski definition) is 2. The zero-order valence-electron chi connectivity index (χ0n) is 3.21. The first-order valence-electron chi connectivity index (χ1n) is 1.27. The van der Waals surface area contributed by atoms with Crippen molar-refractivity contribution in [1.29, 1.82) is 0 Å². The Bertz CT molecular complexity index is 54.8. The SMILES string of the molecule is CNO[P+](=O)O. The van der Waals surface area contributed by atoms with Crippen molar-refractivity contribution in [2.75, 3.05) is 7.05 Å². The fourth-order valence-electron chi connectivity index (χ4n) is 0.0781. The predicted molar refractivity (Wildman–Crippen MR) is 20.0 cm³/mol. The fourth-order valence-corrected chi connectivity index (χ4v) is 0.234. The molecule has 0 rings (SSSR count). The predicted octanol–water partition coefficient (Wildman–Crippen LogP) is -0.213. The number of nitrogens with one attached hydrogen (secondary N) is 1. The molecule has 1 unspecified atom stereocenters. The van der Waals surface area contributed by atoms with E-state index in [2.05, 4.69) is 4.62 Å². The van der Waals surface area contributed by atoms with Crippen molar-refractivity contribution in [1.82, 2.24) is 5.48 Å². The molecule has 0 saturated heterocycles. The summed E-state index contributed by atoms with van der Waals surface area (Å²) >= 11 is 0. The average molecular weight is 110 g/mol. The molecule has 1 atom stereocenters. The van der Waals surface area contributed by atoms with Crippen molar-refractivity contribution in [3.8, 4) is 0 Å². The zero-order valence-corrected chi connectivity index (χ0v) is 4.11. The maximum Gasteiger partial charge on any atom is 0.713 e. The molecule has 6 heavy (non-hydrogen) atoms. The summed E-state index contributed by atoms with van der Waals surface area (Å²) in [4.78, 5) is 7.78. The number of hydrogen-bond acceptors (Lipinski definition) is 3. The molecule has 0 spiro atoms. The highest BCUT2D eigenvalue weighted by Crippen LogP contribution is 2.09. The summed E-state index contributed by atoms with van der Waals surface area (Å²) in [6, 6.07) is 0. The van der Waals surface area contributed by atoms with Gasteiger partial charge in [-0.05, 0) is 4.62 Å². The van der Waals surface area contributed by atoms with Gasteiger partial charge in [0.05, 0.1) is 0 Å². The summed E-state index contributed by atoms with van der Waals surface area (Å²) in [6.07, 6.45) is 0. The van der Waals surface area contributed by atoms with Gasteiger partial charge in [0.25, 0.3) is 0 Å². The molecule has 0 aromatic heterocycles. The van der Waals surface area contributed by atoms with E-state index in [4.69, 9.17) is 4.89 Å². The van der Waals surface area contributed by atoms with Crippen LogP contribution in [0, 0.1) is 0 Å². The van der Waals surface area contributed by atoms with Crippen molar-refractivity contribution < 1.29 is 14.1 Å². The molecule has 36 valence electrons. The van der Waals surface area contributed by atoms with Gasteiger partial charge >= 0.3 is 8.25 Å². The average Bonchev–Trinajstić information content (AvgIpc) is 1.35. The van der Waals surface area contributed by atoms with E-state index >= 15 is 0 Å². The maximum absolute atomic E-state index is 9.46. The second-order valence-electron chi connectivity index (χ2n) is 0.533. The van der Waals surface area contributed by atoms with Crippen LogP contribution in [-0.2, 0) is 9.19 Å². The molecule has 0 aromatic carbocycles. The Kier molecular flexibility index (Phi) is 3.17. The van der Waals surface area contributed by atoms with Crippen LogP contribution in [0.4, 0.5) is 0 Å². The van der Waals surface area contributed by atoms with Crippen molar-refractivity contribution in [2.45, 2.75) is 0 Å². The normalized spacial score (nSPS) is 11.3. The molecular weight excluding hydrogens is 105 g/mol. The van der Waals surface area contributed by atoms with E-state index in [1.807, 2.05) is 5.48 Å². The Morgan fingerprint density at radius 3 is 2.50 bits per heavy atom. The van der Waals surface area contributed by atoms with E-state index in [0.717, 1.165) is 0 Å². The molecule has 0 aliphatic heterocycles. The lowest BCUT2D eigenvalue weighted by Gasteiger charge is -1.71. The van der Waals surface area contributed by atoms with Crippen LogP contribution in [0.15, 0.2) is 0 Å². The summed E-state index contributed by atoms with van der Waals surface area (Å²) in [5.74, 6) is 0. The highest BCUT2D eigenvalue weighted by Gasteiger charge is 2.07. The van der Waals surface area contributed by atoms with Crippen LogP contribution in [0.25, 0.3) is 0 Å². The third-order valence-corrected chi connectivity index (χ3v) is 0.508. The van der Waals surface area contributed by atoms with Gasteiger partial charge in [-0.1, -0.05) is 0 Å². The lowest BCUT2D eigenvalue weighted by molar-refractivity contribution is 0.206. The number of rotatable bonds is 2. The molecule has 5 heteroatoms. The summed E-state index contributed by atoms with van der Waals surface area (Å²) in [6.45, 7) is 0. The van der Waals surface area contributed by atoms with Gasteiger partial charge in [0, 0.05) is 11.6 Å². The van der Waals surface area contributed by atoms with E-state index in [1.165, 1.54) is 7.05 Å². The maximum atomic E-state index is 9.46. The Hall–Kier alpha value is -0.0200. The Morgan fingerprint density at radius 2 is 2.50 bits per heavy atom. The molecule has 0 bridgehead atoms. The minimum atomic E-state index is -2.46. The molecule has 0 aliphatic rings. The molecule has 0 aromatic rings. The van der Waals surface area contributed by atoms with Crippen LogP contribution in [-0.4, -0.2) is 11.9 Å². The first kappa shape index (κ1) is 5.98. The van der Waals surface area contributed by atoms with E-state index in [1.54, 1.807) is 0 Å². The number of hydroxylamine groups is 1. The molecular formula is CH5NO3P+. The minimum absolute atomic E-state index is 1.41. The largest absolute Gasteiger partial charge is 0.713 e. The summed E-state index contributed by atoms with van der Waals surface area (Å²) in [5, 5.41) is 0. The van der Waals surface area contributed by atoms with Crippen LogP contribution in [0.5, 0.6) is 0 Å². The summed E-state index contributed by atoms with van der Waals surface area (Å²) in [5.41, 5.74) is 2.03. The quantitative estimate of drug-likeness (QED) is 0.381. The van der Waals surface area contributed by atoms with E-state index in [9.17, 15) is 4.57 Å². The van der Waals surface area contributed by atoms with Crippen LogP contribution in [0.3, 0.4) is 0 Å². The van der Waals surface area contributed by atoms with Gasteiger partial charge in [0.2, 0.25) is 0 Å². The van der Waals surface area contributed by atoms with Gasteiger partial charge in [0.15, 0.2) is 0 Å².